The van der Waals surface area contributed by atoms with Crippen molar-refractivity contribution in [1.29, 1.82) is 0 Å². The van der Waals surface area contributed by atoms with Crippen molar-refractivity contribution in [2.45, 2.75) is 25.4 Å². The quantitative estimate of drug-likeness (QED) is 0.826. The highest BCUT2D eigenvalue weighted by Gasteiger charge is 2.41. The molecular weight excluding hydrogens is 219 g/mol. The van der Waals surface area contributed by atoms with E-state index in [0.717, 1.165) is 12.0 Å². The van der Waals surface area contributed by atoms with Gasteiger partial charge in [-0.05, 0) is 48.9 Å². The van der Waals surface area contributed by atoms with Gasteiger partial charge in [-0.2, -0.15) is 0 Å². The summed E-state index contributed by atoms with van der Waals surface area (Å²) in [6, 6.07) is 5.59. The van der Waals surface area contributed by atoms with E-state index >= 15 is 0 Å². The zero-order chi connectivity index (χ0) is 10.3. The normalized spacial score (nSPS) is 27.4. The maximum atomic E-state index is 9.40. The van der Waals surface area contributed by atoms with Crippen LogP contribution in [0.3, 0.4) is 0 Å². The van der Waals surface area contributed by atoms with Crippen LogP contribution in [0.15, 0.2) is 18.2 Å². The lowest BCUT2D eigenvalue weighted by Crippen LogP contribution is -2.03. The van der Waals surface area contributed by atoms with Crippen LogP contribution >= 0.6 is 23.2 Å². The van der Waals surface area contributed by atoms with Gasteiger partial charge in [-0.1, -0.05) is 23.2 Å². The van der Waals surface area contributed by atoms with Gasteiger partial charge in [-0.15, -0.1) is 0 Å². The number of rotatable bonds is 2. The van der Waals surface area contributed by atoms with Crippen LogP contribution in [-0.2, 0) is 0 Å². The van der Waals surface area contributed by atoms with Crippen LogP contribution in [0.2, 0.25) is 10.0 Å². The Bertz CT molecular complexity index is 329. The molecule has 1 aromatic carbocycles. The molecule has 1 saturated carbocycles. The molecule has 1 aliphatic rings. The molecule has 0 aliphatic heterocycles. The summed E-state index contributed by atoms with van der Waals surface area (Å²) in [7, 11) is 0. The molecule has 0 unspecified atom stereocenters. The third-order valence-corrected chi connectivity index (χ3v) is 3.21. The van der Waals surface area contributed by atoms with Crippen LogP contribution in [0.5, 0.6) is 0 Å². The highest BCUT2D eigenvalue weighted by atomic mass is 35.5. The number of aliphatic hydroxyl groups is 1. The number of hydrogen-bond acceptors (Lipinski definition) is 1. The van der Waals surface area contributed by atoms with Gasteiger partial charge in [0.2, 0.25) is 0 Å². The molecule has 1 N–H and O–H groups in total. The maximum absolute atomic E-state index is 9.40. The summed E-state index contributed by atoms with van der Waals surface area (Å²) in [5.74, 6) is 0.815. The van der Waals surface area contributed by atoms with Gasteiger partial charge >= 0.3 is 0 Å². The summed E-state index contributed by atoms with van der Waals surface area (Å²) in [6.07, 6.45) is 0.798. The van der Waals surface area contributed by atoms with E-state index in [1.165, 1.54) is 0 Å². The van der Waals surface area contributed by atoms with Gasteiger partial charge in [0.15, 0.2) is 0 Å². The lowest BCUT2D eigenvalue weighted by atomic mass is 10.1. The highest BCUT2D eigenvalue weighted by molar-refractivity contribution is 6.34. The molecular formula is C11H12Cl2O. The Kier molecular flexibility index (Phi) is 2.74. The van der Waals surface area contributed by atoms with Crippen molar-refractivity contribution in [1.82, 2.24) is 0 Å². The molecule has 1 nitrogen and oxygen atoms in total. The fourth-order valence-corrected chi connectivity index (χ4v) is 2.46. The topological polar surface area (TPSA) is 20.2 Å². The van der Waals surface area contributed by atoms with E-state index in [4.69, 9.17) is 23.2 Å². The molecule has 2 rings (SSSR count). The molecule has 0 spiro atoms. The van der Waals surface area contributed by atoms with Crippen molar-refractivity contribution in [2.75, 3.05) is 0 Å². The molecule has 0 aromatic heterocycles. The molecule has 3 atom stereocenters. The molecule has 76 valence electrons. The Hall–Kier alpha value is -0.240. The molecule has 0 bridgehead atoms. The SMILES string of the molecule is C[C@H](O)[C@@H]1C[C@@H]1c1cc(Cl)cc(Cl)c1. The predicted molar refractivity (Wildman–Crippen MR) is 59.0 cm³/mol. The molecule has 3 heteroatoms. The molecule has 0 heterocycles. The number of aliphatic hydroxyl groups excluding tert-OH is 1. The highest BCUT2D eigenvalue weighted by Crippen LogP contribution is 2.50. The molecule has 1 aliphatic carbocycles. The van der Waals surface area contributed by atoms with Crippen molar-refractivity contribution in [3.8, 4) is 0 Å². The minimum atomic E-state index is -0.238. The standard InChI is InChI=1S/C11H12Cl2O/c1-6(14)10-5-11(10)7-2-8(12)4-9(13)3-7/h2-4,6,10-11,14H,5H2,1H3/t6-,10-,11+/m0/s1. The van der Waals surface area contributed by atoms with E-state index < -0.39 is 0 Å². The maximum Gasteiger partial charge on any atom is 0.0546 e. The van der Waals surface area contributed by atoms with E-state index in [1.54, 1.807) is 6.07 Å². The second-order valence-electron chi connectivity index (χ2n) is 3.95. The first-order valence-corrected chi connectivity index (χ1v) is 5.47. The smallest absolute Gasteiger partial charge is 0.0546 e. The predicted octanol–water partition coefficient (Wildman–Crippen LogP) is 3.48. The summed E-state index contributed by atoms with van der Waals surface area (Å²) in [5.41, 5.74) is 1.15. The second-order valence-corrected chi connectivity index (χ2v) is 4.82. The van der Waals surface area contributed by atoms with Crippen LogP contribution in [0.4, 0.5) is 0 Å². The van der Waals surface area contributed by atoms with Gasteiger partial charge in [-0.3, -0.25) is 0 Å². The van der Waals surface area contributed by atoms with Gasteiger partial charge in [0.1, 0.15) is 0 Å². The van der Waals surface area contributed by atoms with E-state index in [0.29, 0.717) is 21.9 Å². The Morgan fingerprint density at radius 1 is 1.29 bits per heavy atom. The third kappa shape index (κ3) is 2.05. The molecule has 0 amide bonds. The van der Waals surface area contributed by atoms with E-state index in [9.17, 15) is 5.11 Å². The monoisotopic (exact) mass is 230 g/mol. The van der Waals surface area contributed by atoms with Crippen LogP contribution in [-0.4, -0.2) is 11.2 Å². The fraction of sp³-hybridized carbons (Fsp3) is 0.455. The van der Waals surface area contributed by atoms with Gasteiger partial charge in [0.25, 0.3) is 0 Å². The lowest BCUT2D eigenvalue weighted by molar-refractivity contribution is 0.169. The molecule has 0 saturated heterocycles. The van der Waals surface area contributed by atoms with E-state index in [1.807, 2.05) is 19.1 Å². The first-order chi connectivity index (χ1) is 6.58. The fourth-order valence-electron chi connectivity index (χ4n) is 1.92. The van der Waals surface area contributed by atoms with Crippen LogP contribution in [0.1, 0.15) is 24.8 Å². The Morgan fingerprint density at radius 3 is 2.29 bits per heavy atom. The molecule has 0 radical (unpaired) electrons. The van der Waals surface area contributed by atoms with Crippen molar-refractivity contribution < 1.29 is 5.11 Å². The second kappa shape index (κ2) is 3.73. The van der Waals surface area contributed by atoms with E-state index in [-0.39, 0.29) is 6.10 Å². The van der Waals surface area contributed by atoms with Gasteiger partial charge < -0.3 is 5.11 Å². The number of halogens is 2. The Labute approximate surface area is 93.7 Å². The van der Waals surface area contributed by atoms with Crippen molar-refractivity contribution in [3.05, 3.63) is 33.8 Å². The number of benzene rings is 1. The lowest BCUT2D eigenvalue weighted by Gasteiger charge is -2.04. The average molecular weight is 231 g/mol. The van der Waals surface area contributed by atoms with Crippen LogP contribution in [0.25, 0.3) is 0 Å². The third-order valence-electron chi connectivity index (χ3n) is 2.77. The molecule has 1 fully saturated rings. The van der Waals surface area contributed by atoms with E-state index in [2.05, 4.69) is 0 Å². The average Bonchev–Trinajstić information content (AvgIpc) is 2.79. The molecule has 14 heavy (non-hydrogen) atoms. The minimum Gasteiger partial charge on any atom is -0.393 e. The molecule has 1 aromatic rings. The first kappa shape index (κ1) is 10.3. The number of hydrogen-bond donors (Lipinski definition) is 1. The van der Waals surface area contributed by atoms with Gasteiger partial charge in [0.05, 0.1) is 6.10 Å². The largest absolute Gasteiger partial charge is 0.393 e. The zero-order valence-electron chi connectivity index (χ0n) is 7.87. The van der Waals surface area contributed by atoms with Crippen LogP contribution in [0, 0.1) is 5.92 Å². The van der Waals surface area contributed by atoms with Gasteiger partial charge in [-0.25, -0.2) is 0 Å². The van der Waals surface area contributed by atoms with Crippen molar-refractivity contribution in [2.24, 2.45) is 5.92 Å². The van der Waals surface area contributed by atoms with Crippen molar-refractivity contribution >= 4 is 23.2 Å². The summed E-state index contributed by atoms with van der Waals surface area (Å²) in [4.78, 5) is 0. The summed E-state index contributed by atoms with van der Waals surface area (Å²) in [5, 5.41) is 10.7. The summed E-state index contributed by atoms with van der Waals surface area (Å²) < 4.78 is 0. The zero-order valence-corrected chi connectivity index (χ0v) is 9.39. The minimum absolute atomic E-state index is 0.238. The first-order valence-electron chi connectivity index (χ1n) is 4.72. The summed E-state index contributed by atoms with van der Waals surface area (Å²) in [6.45, 7) is 1.83. The van der Waals surface area contributed by atoms with Gasteiger partial charge in [0, 0.05) is 10.0 Å². The van der Waals surface area contributed by atoms with Crippen molar-refractivity contribution in [3.63, 3.8) is 0 Å². The Morgan fingerprint density at radius 2 is 1.86 bits per heavy atom. The Balaban J connectivity index is 2.19. The summed E-state index contributed by atoms with van der Waals surface area (Å²) >= 11 is 11.8. The van der Waals surface area contributed by atoms with Crippen LogP contribution < -0.4 is 0 Å².